The second kappa shape index (κ2) is 13.5. The lowest BCUT2D eigenvalue weighted by atomic mass is 9.96. The monoisotopic (exact) mass is 703 g/mol. The number of benzene rings is 3. The largest absolute Gasteiger partial charge is 0.465 e. The van der Waals surface area contributed by atoms with Crippen LogP contribution in [-0.2, 0) is 32.6 Å². The van der Waals surface area contributed by atoms with Gasteiger partial charge >= 0.3 is 6.09 Å². The highest BCUT2D eigenvalue weighted by Gasteiger charge is 2.55. The number of amides is 3. The van der Waals surface area contributed by atoms with E-state index in [1.807, 2.05) is 0 Å². The fourth-order valence-corrected chi connectivity index (χ4v) is 8.29. The van der Waals surface area contributed by atoms with Crippen LogP contribution in [0.3, 0.4) is 0 Å². The molecular formula is C31H31Cl2N5O8S. The van der Waals surface area contributed by atoms with Crippen LogP contribution in [0.5, 0.6) is 0 Å². The van der Waals surface area contributed by atoms with Crippen LogP contribution in [0.2, 0.25) is 10.0 Å². The molecule has 3 aromatic carbocycles. The van der Waals surface area contributed by atoms with Gasteiger partial charge in [-0.2, -0.15) is 4.31 Å². The van der Waals surface area contributed by atoms with Crippen LogP contribution in [-0.4, -0.2) is 92.7 Å². The Morgan fingerprint density at radius 3 is 2.23 bits per heavy atom. The van der Waals surface area contributed by atoms with E-state index in [2.05, 4.69) is 0 Å². The van der Waals surface area contributed by atoms with Gasteiger partial charge in [0, 0.05) is 42.7 Å². The average Bonchev–Trinajstić information content (AvgIpc) is 3.01. The second-order valence-corrected chi connectivity index (χ2v) is 14.2. The van der Waals surface area contributed by atoms with E-state index in [0.717, 1.165) is 14.1 Å². The first-order valence-electron chi connectivity index (χ1n) is 14.6. The Bertz CT molecular complexity index is 1810. The number of hydrogen-bond acceptors (Lipinski definition) is 7. The van der Waals surface area contributed by atoms with Gasteiger partial charge in [0.05, 0.1) is 16.5 Å². The zero-order chi connectivity index (χ0) is 34.2. The molecular weight excluding hydrogens is 673 g/mol. The molecule has 3 atom stereocenters. The molecule has 248 valence electrons. The van der Waals surface area contributed by atoms with Crippen LogP contribution in [0.25, 0.3) is 0 Å². The van der Waals surface area contributed by atoms with Crippen molar-refractivity contribution < 1.29 is 32.8 Å². The van der Waals surface area contributed by atoms with Crippen molar-refractivity contribution in [2.24, 2.45) is 0 Å². The molecule has 5 rings (SSSR count). The third-order valence-corrected chi connectivity index (χ3v) is 10.9. The van der Waals surface area contributed by atoms with Crippen molar-refractivity contribution in [1.29, 1.82) is 0 Å². The Labute approximate surface area is 281 Å². The molecule has 0 spiro atoms. The smallest absolute Gasteiger partial charge is 0.408 e. The fourth-order valence-electron chi connectivity index (χ4n) is 5.96. The molecule has 0 bridgehead atoms. The lowest BCUT2D eigenvalue weighted by molar-refractivity contribution is -0.384. The van der Waals surface area contributed by atoms with Crippen LogP contribution in [0, 0.1) is 10.1 Å². The Morgan fingerprint density at radius 1 is 1.00 bits per heavy atom. The molecule has 16 heteroatoms. The topological polar surface area (TPSA) is 162 Å². The van der Waals surface area contributed by atoms with Gasteiger partial charge in [-0.25, -0.2) is 13.2 Å². The summed E-state index contributed by atoms with van der Waals surface area (Å²) in [5.74, 6) is -1.22. The normalized spacial score (nSPS) is 20.3. The molecule has 0 saturated carbocycles. The third-order valence-electron chi connectivity index (χ3n) is 8.31. The summed E-state index contributed by atoms with van der Waals surface area (Å²) in [5, 5.41) is 21.6. The molecule has 2 heterocycles. The molecule has 2 aliphatic heterocycles. The molecule has 47 heavy (non-hydrogen) atoms. The van der Waals surface area contributed by atoms with Gasteiger partial charge in [0.1, 0.15) is 23.1 Å². The van der Waals surface area contributed by atoms with Crippen LogP contribution in [0.4, 0.5) is 10.5 Å². The number of halogens is 2. The fraction of sp³-hybridized carbons (Fsp3) is 0.323. The summed E-state index contributed by atoms with van der Waals surface area (Å²) in [6.07, 6.45) is -2.81. The minimum Gasteiger partial charge on any atom is -0.465 e. The molecule has 2 aliphatic rings. The maximum absolute atomic E-state index is 14.5. The highest BCUT2D eigenvalue weighted by atomic mass is 35.5. The number of non-ortho nitro benzene ring substituents is 1. The number of hydrogen-bond donors (Lipinski definition) is 1. The first kappa shape index (κ1) is 34.1. The van der Waals surface area contributed by atoms with Gasteiger partial charge in [-0.05, 0) is 43.2 Å². The average molecular weight is 705 g/mol. The zero-order valence-electron chi connectivity index (χ0n) is 25.3. The number of nitro groups is 1. The van der Waals surface area contributed by atoms with Crippen molar-refractivity contribution in [3.63, 3.8) is 0 Å². The number of carbonyl (C=O) groups excluding carboxylic acids is 2. The molecule has 1 N–H and O–H groups in total. The Hall–Kier alpha value is -4.24. The van der Waals surface area contributed by atoms with Crippen LogP contribution < -0.4 is 0 Å². The number of sulfonamides is 1. The van der Waals surface area contributed by atoms with Gasteiger partial charge in [0.15, 0.2) is 0 Å². The van der Waals surface area contributed by atoms with Crippen LogP contribution in [0.1, 0.15) is 25.0 Å². The molecule has 3 aromatic rings. The molecule has 0 radical (unpaired) electrons. The van der Waals surface area contributed by atoms with E-state index in [0.29, 0.717) is 11.1 Å². The summed E-state index contributed by atoms with van der Waals surface area (Å²) in [6.45, 7) is 2.53. The van der Waals surface area contributed by atoms with E-state index < -0.39 is 63.7 Å². The van der Waals surface area contributed by atoms with Crippen molar-refractivity contribution in [1.82, 2.24) is 19.0 Å². The first-order chi connectivity index (χ1) is 22.2. The molecule has 0 aromatic heterocycles. The number of rotatable bonds is 9. The highest BCUT2D eigenvalue weighted by Crippen LogP contribution is 2.36. The van der Waals surface area contributed by atoms with E-state index in [4.69, 9.17) is 23.2 Å². The minimum absolute atomic E-state index is 0.115. The van der Waals surface area contributed by atoms with Gasteiger partial charge in [0.25, 0.3) is 5.69 Å². The summed E-state index contributed by atoms with van der Waals surface area (Å²) < 4.78 is 29.9. The van der Waals surface area contributed by atoms with Gasteiger partial charge in [-0.1, -0.05) is 65.7 Å². The maximum Gasteiger partial charge on any atom is 0.408 e. The van der Waals surface area contributed by atoms with Crippen molar-refractivity contribution in [2.45, 2.75) is 56.0 Å². The standard InChI is InChI=1S/C31H31Cl2N5O8S/c1-19(2)34-18-28-36(47(45,46)27-13-10-22(32)15-24(27)33)17-26(35(31(41)42)16-21-6-4-3-5-7-21)30(40)37(28)25(29(34)39)14-20-8-11-23(12-9-20)38(43)44/h3-13,15,19,25-26,28H,14,16-18H2,1-2H3,(H,41,42). The van der Waals surface area contributed by atoms with E-state index in [9.17, 15) is 38.0 Å². The zero-order valence-corrected chi connectivity index (χ0v) is 27.6. The lowest BCUT2D eigenvalue weighted by Crippen LogP contribution is -2.76. The lowest BCUT2D eigenvalue weighted by Gasteiger charge is -2.55. The highest BCUT2D eigenvalue weighted by molar-refractivity contribution is 7.89. The molecule has 3 unspecified atom stereocenters. The second-order valence-electron chi connectivity index (χ2n) is 11.5. The van der Waals surface area contributed by atoms with E-state index in [1.165, 1.54) is 47.4 Å². The van der Waals surface area contributed by atoms with Crippen LogP contribution in [0.15, 0.2) is 77.7 Å². The minimum atomic E-state index is -4.53. The van der Waals surface area contributed by atoms with Gasteiger partial charge < -0.3 is 14.9 Å². The molecule has 2 saturated heterocycles. The first-order valence-corrected chi connectivity index (χ1v) is 16.8. The quantitative estimate of drug-likeness (QED) is 0.252. The SMILES string of the molecule is CC(C)N1CC2N(C(=O)C(N(Cc3ccccc3)C(=O)O)CN2S(=O)(=O)c2ccc(Cl)cc2Cl)C(Cc2ccc([N+](=O)[O-])cc2)C1=O. The predicted octanol–water partition coefficient (Wildman–Crippen LogP) is 4.47. The van der Waals surface area contributed by atoms with Gasteiger partial charge in [-0.15, -0.1) is 0 Å². The number of piperazine rings is 1. The van der Waals surface area contributed by atoms with Crippen molar-refractivity contribution in [2.75, 3.05) is 13.1 Å². The molecule has 3 amide bonds. The Balaban J connectivity index is 1.66. The number of nitro benzene ring substituents is 1. The molecule has 0 aliphatic carbocycles. The third kappa shape index (κ3) is 6.77. The van der Waals surface area contributed by atoms with Gasteiger partial charge in [-0.3, -0.25) is 24.6 Å². The van der Waals surface area contributed by atoms with E-state index in [-0.39, 0.29) is 40.1 Å². The molecule has 2 fully saturated rings. The summed E-state index contributed by atoms with van der Waals surface area (Å²) >= 11 is 12.4. The summed E-state index contributed by atoms with van der Waals surface area (Å²) in [4.78, 5) is 55.1. The van der Waals surface area contributed by atoms with Crippen molar-refractivity contribution >= 4 is 56.8 Å². The number of nitrogens with zero attached hydrogens (tertiary/aromatic N) is 5. The number of fused-ring (bicyclic) bond motifs is 1. The summed E-state index contributed by atoms with van der Waals surface area (Å²) in [5.41, 5.74) is 0.862. The summed E-state index contributed by atoms with van der Waals surface area (Å²) in [7, 11) is -4.53. The van der Waals surface area contributed by atoms with E-state index in [1.54, 1.807) is 44.2 Å². The van der Waals surface area contributed by atoms with Crippen molar-refractivity contribution in [3.8, 4) is 0 Å². The van der Waals surface area contributed by atoms with Crippen molar-refractivity contribution in [3.05, 3.63) is 104 Å². The Kier molecular flexibility index (Phi) is 9.78. The number of carboxylic acid groups (broad SMARTS) is 1. The van der Waals surface area contributed by atoms with Crippen LogP contribution >= 0.6 is 23.2 Å². The molecule has 13 nitrogen and oxygen atoms in total. The Morgan fingerprint density at radius 2 is 1.66 bits per heavy atom. The maximum atomic E-state index is 14.5. The van der Waals surface area contributed by atoms with E-state index >= 15 is 0 Å². The summed E-state index contributed by atoms with van der Waals surface area (Å²) in [6, 6.07) is 14.6. The predicted molar refractivity (Wildman–Crippen MR) is 172 cm³/mol. The number of carbonyl (C=O) groups is 3. The van der Waals surface area contributed by atoms with Gasteiger partial charge in [0.2, 0.25) is 21.8 Å².